The van der Waals surface area contributed by atoms with Crippen LogP contribution in [0.3, 0.4) is 0 Å². The molecule has 2 N–H and O–H groups in total. The lowest BCUT2D eigenvalue weighted by Crippen LogP contribution is -2.33. The molecule has 0 heterocycles. The molecule has 3 nitrogen and oxygen atoms in total. The molecule has 0 saturated heterocycles. The lowest BCUT2D eigenvalue weighted by Gasteiger charge is -2.27. The fourth-order valence-electron chi connectivity index (χ4n) is 1.71. The number of nitrogens with two attached hydrogens (primary N) is 1. The molecule has 1 aromatic carbocycles. The Kier molecular flexibility index (Phi) is 6.23. The number of ether oxygens (including phenoxy) is 1. The third-order valence-corrected chi connectivity index (χ3v) is 3.30. The van der Waals surface area contributed by atoms with E-state index in [9.17, 15) is 0 Å². The second-order valence-corrected chi connectivity index (χ2v) is 4.73. The SMILES string of the molecule is COCCN(C)C(CN)c1cc(Cl)ccc1Cl. The molecule has 0 bridgehead atoms. The number of halogens is 2. The van der Waals surface area contributed by atoms with Crippen molar-refractivity contribution in [1.82, 2.24) is 4.90 Å². The van der Waals surface area contributed by atoms with Crippen molar-refractivity contribution in [3.05, 3.63) is 33.8 Å². The predicted molar refractivity (Wildman–Crippen MR) is 72.8 cm³/mol. The predicted octanol–water partition coefficient (Wildman–Crippen LogP) is 2.57. The zero-order valence-corrected chi connectivity index (χ0v) is 11.6. The van der Waals surface area contributed by atoms with Crippen molar-refractivity contribution in [2.75, 3.05) is 33.9 Å². The Morgan fingerprint density at radius 1 is 1.41 bits per heavy atom. The highest BCUT2D eigenvalue weighted by molar-refractivity contribution is 6.33. The Morgan fingerprint density at radius 3 is 2.71 bits per heavy atom. The van der Waals surface area contributed by atoms with E-state index in [2.05, 4.69) is 4.90 Å². The van der Waals surface area contributed by atoms with Gasteiger partial charge in [-0.25, -0.2) is 0 Å². The zero-order valence-electron chi connectivity index (χ0n) is 10.1. The van der Waals surface area contributed by atoms with Gasteiger partial charge in [0.15, 0.2) is 0 Å². The van der Waals surface area contributed by atoms with Gasteiger partial charge in [-0.1, -0.05) is 23.2 Å². The largest absolute Gasteiger partial charge is 0.383 e. The molecule has 0 spiro atoms. The number of hydrogen-bond acceptors (Lipinski definition) is 3. The number of rotatable bonds is 6. The third-order valence-electron chi connectivity index (χ3n) is 2.72. The molecule has 1 unspecified atom stereocenters. The van der Waals surface area contributed by atoms with Crippen molar-refractivity contribution in [2.24, 2.45) is 5.73 Å². The van der Waals surface area contributed by atoms with Crippen LogP contribution in [0.1, 0.15) is 11.6 Å². The molecule has 0 radical (unpaired) electrons. The van der Waals surface area contributed by atoms with Crippen LogP contribution in [0.2, 0.25) is 10.0 Å². The van der Waals surface area contributed by atoms with Crippen LogP contribution >= 0.6 is 23.2 Å². The van der Waals surface area contributed by atoms with Crippen LogP contribution in [-0.4, -0.2) is 38.8 Å². The van der Waals surface area contributed by atoms with E-state index in [1.54, 1.807) is 19.2 Å². The van der Waals surface area contributed by atoms with E-state index in [4.69, 9.17) is 33.7 Å². The molecule has 0 aliphatic heterocycles. The first-order valence-electron chi connectivity index (χ1n) is 5.44. The smallest absolute Gasteiger partial charge is 0.0589 e. The highest BCUT2D eigenvalue weighted by Crippen LogP contribution is 2.28. The summed E-state index contributed by atoms with van der Waals surface area (Å²) in [4.78, 5) is 2.11. The highest BCUT2D eigenvalue weighted by Gasteiger charge is 2.18. The average Bonchev–Trinajstić information content (AvgIpc) is 2.32. The fraction of sp³-hybridized carbons (Fsp3) is 0.500. The standard InChI is InChI=1S/C12H18Cl2N2O/c1-16(5-6-17-2)12(8-15)10-7-9(13)3-4-11(10)14/h3-4,7,12H,5-6,8,15H2,1-2H3. The second kappa shape index (κ2) is 7.19. The van der Waals surface area contributed by atoms with Gasteiger partial charge in [-0.05, 0) is 30.8 Å². The van der Waals surface area contributed by atoms with Crippen molar-refractivity contribution in [2.45, 2.75) is 6.04 Å². The Hall–Kier alpha value is -0.320. The van der Waals surface area contributed by atoms with Crippen LogP contribution in [0.15, 0.2) is 18.2 Å². The van der Waals surface area contributed by atoms with Gasteiger partial charge in [-0.2, -0.15) is 0 Å². The van der Waals surface area contributed by atoms with Gasteiger partial charge in [0.1, 0.15) is 0 Å². The molecular weight excluding hydrogens is 259 g/mol. The summed E-state index contributed by atoms with van der Waals surface area (Å²) in [5.74, 6) is 0. The molecule has 96 valence electrons. The first-order valence-corrected chi connectivity index (χ1v) is 6.20. The quantitative estimate of drug-likeness (QED) is 0.868. The van der Waals surface area contributed by atoms with Crippen molar-refractivity contribution in [1.29, 1.82) is 0 Å². The Bertz CT molecular complexity index is 360. The number of nitrogens with zero attached hydrogens (tertiary/aromatic N) is 1. The van der Waals surface area contributed by atoms with Gasteiger partial charge >= 0.3 is 0 Å². The van der Waals surface area contributed by atoms with Gasteiger partial charge in [-0.3, -0.25) is 4.90 Å². The minimum absolute atomic E-state index is 0.0522. The van der Waals surface area contributed by atoms with E-state index in [1.165, 1.54) is 0 Å². The van der Waals surface area contributed by atoms with Gasteiger partial charge in [0.25, 0.3) is 0 Å². The van der Waals surface area contributed by atoms with Crippen LogP contribution in [0.4, 0.5) is 0 Å². The molecule has 1 rings (SSSR count). The summed E-state index contributed by atoms with van der Waals surface area (Å²) >= 11 is 12.2. The molecular formula is C12H18Cl2N2O. The summed E-state index contributed by atoms with van der Waals surface area (Å²) < 4.78 is 5.06. The van der Waals surface area contributed by atoms with E-state index < -0.39 is 0 Å². The minimum atomic E-state index is 0.0522. The van der Waals surface area contributed by atoms with Crippen molar-refractivity contribution >= 4 is 23.2 Å². The molecule has 0 amide bonds. The highest BCUT2D eigenvalue weighted by atomic mass is 35.5. The maximum atomic E-state index is 6.18. The number of hydrogen-bond donors (Lipinski definition) is 1. The number of benzene rings is 1. The van der Waals surface area contributed by atoms with Crippen molar-refractivity contribution in [3.8, 4) is 0 Å². The van der Waals surface area contributed by atoms with Crippen molar-refractivity contribution in [3.63, 3.8) is 0 Å². The van der Waals surface area contributed by atoms with Crippen LogP contribution in [0, 0.1) is 0 Å². The van der Waals surface area contributed by atoms with Gasteiger partial charge in [0.05, 0.1) is 6.61 Å². The maximum Gasteiger partial charge on any atom is 0.0589 e. The summed E-state index contributed by atoms with van der Waals surface area (Å²) in [5.41, 5.74) is 6.77. The third kappa shape index (κ3) is 4.12. The molecule has 5 heteroatoms. The van der Waals surface area contributed by atoms with Gasteiger partial charge < -0.3 is 10.5 Å². The average molecular weight is 277 g/mol. The summed E-state index contributed by atoms with van der Waals surface area (Å²) in [6.45, 7) is 1.94. The minimum Gasteiger partial charge on any atom is -0.383 e. The first-order chi connectivity index (χ1) is 8.10. The zero-order chi connectivity index (χ0) is 12.8. The molecule has 17 heavy (non-hydrogen) atoms. The van der Waals surface area contributed by atoms with Crippen LogP contribution in [0.5, 0.6) is 0 Å². The fourth-order valence-corrected chi connectivity index (χ4v) is 2.13. The number of methoxy groups -OCH3 is 1. The second-order valence-electron chi connectivity index (χ2n) is 3.89. The molecule has 0 fully saturated rings. The van der Waals surface area contributed by atoms with Gasteiger partial charge in [0, 0.05) is 36.3 Å². The normalized spacial score (nSPS) is 13.1. The topological polar surface area (TPSA) is 38.5 Å². The summed E-state index contributed by atoms with van der Waals surface area (Å²) in [7, 11) is 3.67. The first kappa shape index (κ1) is 14.7. The van der Waals surface area contributed by atoms with E-state index in [1.807, 2.05) is 13.1 Å². The van der Waals surface area contributed by atoms with Gasteiger partial charge in [0.2, 0.25) is 0 Å². The summed E-state index contributed by atoms with van der Waals surface area (Å²) in [6.07, 6.45) is 0. The van der Waals surface area contributed by atoms with E-state index in [0.717, 1.165) is 12.1 Å². The van der Waals surface area contributed by atoms with Crippen LogP contribution in [-0.2, 0) is 4.74 Å². The van der Waals surface area contributed by atoms with E-state index in [-0.39, 0.29) is 6.04 Å². The van der Waals surface area contributed by atoms with Gasteiger partial charge in [-0.15, -0.1) is 0 Å². The molecule has 0 saturated carbocycles. The lowest BCUT2D eigenvalue weighted by atomic mass is 10.1. The number of likely N-dealkylation sites (N-methyl/N-ethyl adjacent to an activating group) is 1. The van der Waals surface area contributed by atoms with E-state index in [0.29, 0.717) is 23.2 Å². The monoisotopic (exact) mass is 276 g/mol. The molecule has 0 aromatic heterocycles. The van der Waals surface area contributed by atoms with Crippen LogP contribution in [0.25, 0.3) is 0 Å². The Balaban J connectivity index is 2.88. The maximum absolute atomic E-state index is 6.18. The van der Waals surface area contributed by atoms with E-state index >= 15 is 0 Å². The Labute approximate surface area is 112 Å². The molecule has 1 atom stereocenters. The molecule has 0 aliphatic carbocycles. The summed E-state index contributed by atoms with van der Waals surface area (Å²) in [5, 5.41) is 1.36. The van der Waals surface area contributed by atoms with Crippen LogP contribution < -0.4 is 5.73 Å². The van der Waals surface area contributed by atoms with Crippen molar-refractivity contribution < 1.29 is 4.74 Å². The Morgan fingerprint density at radius 2 is 2.12 bits per heavy atom. The summed E-state index contributed by atoms with van der Waals surface area (Å²) in [6, 6.07) is 5.49. The molecule has 1 aromatic rings. The molecule has 0 aliphatic rings. The lowest BCUT2D eigenvalue weighted by molar-refractivity contribution is 0.140.